The Labute approximate surface area is 86.0 Å². The molecule has 0 amide bonds. The first-order valence-electron chi connectivity index (χ1n) is 4.01. The Morgan fingerprint density at radius 1 is 1.54 bits per heavy atom. The van der Waals surface area contributed by atoms with Crippen molar-refractivity contribution in [3.8, 4) is 0 Å². The summed E-state index contributed by atoms with van der Waals surface area (Å²) >= 11 is 0. The highest BCUT2D eigenvalue weighted by Crippen LogP contribution is 1.99. The second kappa shape index (κ2) is 6.13. The van der Waals surface area contributed by atoms with Gasteiger partial charge in [0.05, 0.1) is 27.7 Å². The highest BCUT2D eigenvalue weighted by molar-refractivity contribution is 5.92. The third-order valence-corrected chi connectivity index (χ3v) is 1.60. The molecule has 0 aliphatic heterocycles. The number of quaternary nitrogens is 1. The molecule has 0 aromatic heterocycles. The first-order valence-corrected chi connectivity index (χ1v) is 4.01. The second-order valence-electron chi connectivity index (χ2n) is 3.92. The lowest BCUT2D eigenvalue weighted by atomic mass is 10.1. The molecule has 0 aliphatic rings. The first kappa shape index (κ1) is 15.1. The summed E-state index contributed by atoms with van der Waals surface area (Å²) in [5, 5.41) is 9.25. The monoisotopic (exact) mass is 207 g/mol. The van der Waals surface area contributed by atoms with Crippen LogP contribution in [0.4, 0.5) is 0 Å². The van der Waals surface area contributed by atoms with Gasteiger partial charge in [0.15, 0.2) is 5.78 Å². The van der Waals surface area contributed by atoms with Crippen LogP contribution in [0.3, 0.4) is 0 Å². The minimum absolute atomic E-state index is 0. The van der Waals surface area contributed by atoms with Gasteiger partial charge in [-0.2, -0.15) is 0 Å². The van der Waals surface area contributed by atoms with E-state index in [-0.39, 0.29) is 18.2 Å². The zero-order chi connectivity index (χ0) is 9.78. The van der Waals surface area contributed by atoms with Crippen LogP contribution in [0.2, 0.25) is 0 Å². The summed E-state index contributed by atoms with van der Waals surface area (Å²) in [6, 6.07) is 0. The molecule has 0 bridgehead atoms. The molecule has 1 unspecified atom stereocenters. The summed E-state index contributed by atoms with van der Waals surface area (Å²) in [5.41, 5.74) is 0. The molecule has 0 saturated carbocycles. The fraction of sp³-hybridized carbons (Fsp3) is 0.667. The Hall–Kier alpha value is -0.380. The lowest BCUT2D eigenvalue weighted by Crippen LogP contribution is -3.00. The fourth-order valence-electron chi connectivity index (χ4n) is 0.788. The third kappa shape index (κ3) is 7.96. The molecule has 0 spiro atoms. The molecule has 0 aromatic carbocycles. The van der Waals surface area contributed by atoms with Crippen LogP contribution in [0.1, 0.15) is 6.42 Å². The average molecular weight is 208 g/mol. The number of hydrogen-bond donors (Lipinski definition) is 1. The van der Waals surface area contributed by atoms with E-state index in [9.17, 15) is 9.90 Å². The number of carbonyl (C=O) groups is 1. The van der Waals surface area contributed by atoms with E-state index in [4.69, 9.17) is 0 Å². The predicted octanol–water partition coefficient (Wildman–Crippen LogP) is -2.80. The quantitative estimate of drug-likeness (QED) is 0.391. The van der Waals surface area contributed by atoms with Gasteiger partial charge in [-0.25, -0.2) is 0 Å². The molecule has 0 fully saturated rings. The third-order valence-electron chi connectivity index (χ3n) is 1.60. The van der Waals surface area contributed by atoms with Crippen molar-refractivity contribution in [2.45, 2.75) is 12.5 Å². The fourth-order valence-corrected chi connectivity index (χ4v) is 0.788. The highest BCUT2D eigenvalue weighted by atomic mass is 35.5. The molecule has 0 heterocycles. The Morgan fingerprint density at radius 2 is 2.00 bits per heavy atom. The van der Waals surface area contributed by atoms with Crippen LogP contribution in [0, 0.1) is 0 Å². The normalized spacial score (nSPS) is 12.9. The lowest BCUT2D eigenvalue weighted by Gasteiger charge is -2.24. The second-order valence-corrected chi connectivity index (χ2v) is 3.92. The number of rotatable bonds is 5. The van der Waals surface area contributed by atoms with Gasteiger partial charge in [-0.15, -0.1) is 0 Å². The van der Waals surface area contributed by atoms with E-state index in [1.54, 1.807) is 0 Å². The molecule has 1 atom stereocenters. The van der Waals surface area contributed by atoms with Gasteiger partial charge in [-0.3, -0.25) is 4.79 Å². The Kier molecular flexibility index (Phi) is 7.13. The molecule has 0 aliphatic carbocycles. The number of aliphatic hydroxyl groups excluding tert-OH is 1. The Balaban J connectivity index is 0. The maximum atomic E-state index is 10.9. The minimum atomic E-state index is -0.875. The largest absolute Gasteiger partial charge is 1.00 e. The number of ketones is 1. The Morgan fingerprint density at radius 3 is 2.31 bits per heavy atom. The molecule has 1 N–H and O–H groups in total. The molecular weight excluding hydrogens is 190 g/mol. The van der Waals surface area contributed by atoms with Crippen molar-refractivity contribution in [2.75, 3.05) is 27.7 Å². The summed E-state index contributed by atoms with van der Waals surface area (Å²) in [6.07, 6.45) is 0.786. The molecule has 13 heavy (non-hydrogen) atoms. The molecule has 0 radical (unpaired) electrons. The SMILES string of the molecule is C=CC(=O)C(O)CC[N+](C)(C)C.[Cl-]. The molecule has 4 heteroatoms. The predicted molar refractivity (Wildman–Crippen MR) is 48.7 cm³/mol. The van der Waals surface area contributed by atoms with Gasteiger partial charge in [-0.05, 0) is 6.08 Å². The van der Waals surface area contributed by atoms with E-state index in [2.05, 4.69) is 6.58 Å². The van der Waals surface area contributed by atoms with Gasteiger partial charge >= 0.3 is 0 Å². The molecule has 0 rings (SSSR count). The maximum Gasteiger partial charge on any atom is 0.183 e. The summed E-state index contributed by atoms with van der Waals surface area (Å²) in [4.78, 5) is 10.9. The summed E-state index contributed by atoms with van der Waals surface area (Å²) in [6.45, 7) is 4.09. The van der Waals surface area contributed by atoms with Crippen molar-refractivity contribution < 1.29 is 26.8 Å². The van der Waals surface area contributed by atoms with Gasteiger partial charge in [0.25, 0.3) is 0 Å². The van der Waals surface area contributed by atoms with Crippen LogP contribution in [0.25, 0.3) is 0 Å². The van der Waals surface area contributed by atoms with Crippen molar-refractivity contribution in [1.82, 2.24) is 0 Å². The van der Waals surface area contributed by atoms with E-state index >= 15 is 0 Å². The van der Waals surface area contributed by atoms with Crippen LogP contribution in [0.5, 0.6) is 0 Å². The van der Waals surface area contributed by atoms with E-state index in [0.29, 0.717) is 6.42 Å². The zero-order valence-electron chi connectivity index (χ0n) is 8.46. The maximum absolute atomic E-state index is 10.9. The van der Waals surface area contributed by atoms with Crippen molar-refractivity contribution in [3.05, 3.63) is 12.7 Å². The molecule has 0 saturated heterocycles. The van der Waals surface area contributed by atoms with E-state index < -0.39 is 6.10 Å². The van der Waals surface area contributed by atoms with Crippen molar-refractivity contribution in [3.63, 3.8) is 0 Å². The minimum Gasteiger partial charge on any atom is -1.00 e. The molecule has 0 aromatic rings. The molecule has 78 valence electrons. The van der Waals surface area contributed by atoms with Crippen LogP contribution in [-0.2, 0) is 4.79 Å². The lowest BCUT2D eigenvalue weighted by molar-refractivity contribution is -0.870. The highest BCUT2D eigenvalue weighted by Gasteiger charge is 2.15. The number of halogens is 1. The summed E-state index contributed by atoms with van der Waals surface area (Å²) in [7, 11) is 6.06. The first-order chi connectivity index (χ1) is 5.37. The van der Waals surface area contributed by atoms with Gasteiger partial charge < -0.3 is 22.0 Å². The average Bonchev–Trinajstić information content (AvgIpc) is 1.97. The van der Waals surface area contributed by atoms with E-state index in [0.717, 1.165) is 11.0 Å². The number of nitrogens with zero attached hydrogens (tertiary/aromatic N) is 1. The number of aliphatic hydroxyl groups is 1. The zero-order valence-corrected chi connectivity index (χ0v) is 9.21. The Bertz CT molecular complexity index is 175. The van der Waals surface area contributed by atoms with Crippen molar-refractivity contribution in [1.29, 1.82) is 0 Å². The van der Waals surface area contributed by atoms with Crippen LogP contribution >= 0.6 is 0 Å². The topological polar surface area (TPSA) is 37.3 Å². The number of carbonyl (C=O) groups excluding carboxylic acids is 1. The van der Waals surface area contributed by atoms with Crippen LogP contribution in [0.15, 0.2) is 12.7 Å². The van der Waals surface area contributed by atoms with Gasteiger partial charge in [0, 0.05) is 6.42 Å². The standard InChI is InChI=1S/C9H18NO2.ClH/c1-5-8(11)9(12)6-7-10(2,3)4;/h5,9,12H,1,6-7H2,2-4H3;1H/q+1;/p-1. The molecule has 3 nitrogen and oxygen atoms in total. The smallest absolute Gasteiger partial charge is 0.183 e. The van der Waals surface area contributed by atoms with Crippen molar-refractivity contribution >= 4 is 5.78 Å². The van der Waals surface area contributed by atoms with E-state index in [1.807, 2.05) is 21.1 Å². The van der Waals surface area contributed by atoms with Crippen LogP contribution < -0.4 is 12.4 Å². The molecular formula is C9H18ClNO2. The number of hydrogen-bond acceptors (Lipinski definition) is 2. The van der Waals surface area contributed by atoms with Gasteiger partial charge in [0.1, 0.15) is 6.10 Å². The summed E-state index contributed by atoms with van der Waals surface area (Å²) in [5.74, 6) is -0.288. The summed E-state index contributed by atoms with van der Waals surface area (Å²) < 4.78 is 0.751. The van der Waals surface area contributed by atoms with Gasteiger partial charge in [0.2, 0.25) is 0 Å². The van der Waals surface area contributed by atoms with Crippen molar-refractivity contribution in [2.24, 2.45) is 0 Å². The van der Waals surface area contributed by atoms with Crippen LogP contribution in [-0.4, -0.2) is 49.2 Å². The van der Waals surface area contributed by atoms with Gasteiger partial charge in [-0.1, -0.05) is 6.58 Å². The van der Waals surface area contributed by atoms with E-state index in [1.165, 1.54) is 6.08 Å².